The molecule has 107 valence electrons. The summed E-state index contributed by atoms with van der Waals surface area (Å²) in [5.41, 5.74) is 1.53. The average Bonchev–Trinajstić information content (AvgIpc) is 2.75. The molecule has 20 heavy (non-hydrogen) atoms. The molecule has 1 unspecified atom stereocenters. The van der Waals surface area contributed by atoms with Gasteiger partial charge in [-0.3, -0.25) is 4.79 Å². The number of nitrogens with zero attached hydrogens (tertiary/aromatic N) is 1. The molecule has 0 saturated carbocycles. The highest BCUT2D eigenvalue weighted by molar-refractivity contribution is 5.90. The van der Waals surface area contributed by atoms with E-state index in [0.29, 0.717) is 5.75 Å². The topological polar surface area (TPSA) is 40.5 Å². The Kier molecular flexibility index (Phi) is 3.86. The van der Waals surface area contributed by atoms with Crippen molar-refractivity contribution in [3.8, 4) is 5.75 Å². The van der Waals surface area contributed by atoms with Crippen molar-refractivity contribution in [1.29, 1.82) is 0 Å². The van der Waals surface area contributed by atoms with Crippen molar-refractivity contribution < 1.29 is 14.3 Å². The average molecular weight is 274 g/mol. The largest absolute Gasteiger partial charge is 0.494 e. The molecule has 1 heterocycles. The van der Waals surface area contributed by atoms with Crippen molar-refractivity contribution in [3.05, 3.63) is 30.0 Å². The van der Waals surface area contributed by atoms with Crippen LogP contribution in [0.5, 0.6) is 5.75 Å². The van der Waals surface area contributed by atoms with Gasteiger partial charge in [-0.1, -0.05) is 12.1 Å². The van der Waals surface area contributed by atoms with E-state index in [9.17, 15) is 4.79 Å². The van der Waals surface area contributed by atoms with Gasteiger partial charge in [-0.15, -0.1) is 0 Å². The minimum Gasteiger partial charge on any atom is -0.494 e. The Balaban J connectivity index is 2.59. The Hall–Kier alpha value is -1.81. The second-order valence-corrected chi connectivity index (χ2v) is 5.74. The molecule has 4 heteroatoms. The fourth-order valence-electron chi connectivity index (χ4n) is 2.23. The van der Waals surface area contributed by atoms with Crippen LogP contribution in [-0.4, -0.2) is 23.6 Å². The van der Waals surface area contributed by atoms with E-state index in [1.807, 2.05) is 45.9 Å². The SMILES string of the molecule is COc1[c]n(C(C=O)OC(C)(C)C)c2cccc(C)c12. The number of aryl methyl sites for hydroxylation is 1. The summed E-state index contributed by atoms with van der Waals surface area (Å²) in [5, 5.41) is 0.958. The molecule has 2 rings (SSSR count). The second-order valence-electron chi connectivity index (χ2n) is 5.74. The molecular weight excluding hydrogens is 254 g/mol. The number of hydrogen-bond donors (Lipinski definition) is 0. The molecule has 1 atom stereocenters. The molecule has 2 aromatic rings. The van der Waals surface area contributed by atoms with Crippen molar-refractivity contribution in [2.75, 3.05) is 7.11 Å². The van der Waals surface area contributed by atoms with E-state index in [2.05, 4.69) is 6.20 Å². The van der Waals surface area contributed by atoms with Gasteiger partial charge in [0.25, 0.3) is 0 Å². The van der Waals surface area contributed by atoms with Crippen molar-refractivity contribution >= 4 is 17.2 Å². The highest BCUT2D eigenvalue weighted by Gasteiger charge is 2.23. The summed E-state index contributed by atoms with van der Waals surface area (Å²) < 4.78 is 12.8. The third kappa shape index (κ3) is 2.70. The van der Waals surface area contributed by atoms with Crippen LogP contribution in [0.15, 0.2) is 18.2 Å². The molecule has 0 aliphatic rings. The summed E-state index contributed by atoms with van der Waals surface area (Å²) in [6.07, 6.45) is 3.15. The zero-order valence-corrected chi connectivity index (χ0v) is 12.6. The molecule has 4 nitrogen and oxygen atoms in total. The van der Waals surface area contributed by atoms with Gasteiger partial charge in [-0.25, -0.2) is 0 Å². The summed E-state index contributed by atoms with van der Waals surface area (Å²) in [4.78, 5) is 11.4. The first-order chi connectivity index (χ1) is 9.37. The number of hydrogen-bond acceptors (Lipinski definition) is 3. The monoisotopic (exact) mass is 274 g/mol. The second kappa shape index (κ2) is 5.29. The van der Waals surface area contributed by atoms with Crippen molar-refractivity contribution in [3.63, 3.8) is 0 Å². The van der Waals surface area contributed by atoms with Gasteiger partial charge in [0, 0.05) is 5.39 Å². The van der Waals surface area contributed by atoms with Crippen molar-refractivity contribution in [1.82, 2.24) is 4.57 Å². The van der Waals surface area contributed by atoms with Crippen molar-refractivity contribution in [2.45, 2.75) is 39.5 Å². The predicted octanol–water partition coefficient (Wildman–Crippen LogP) is 3.27. The Morgan fingerprint density at radius 2 is 2.05 bits per heavy atom. The normalized spacial score (nSPS) is 13.4. The zero-order valence-electron chi connectivity index (χ0n) is 12.6. The minimum atomic E-state index is -0.719. The van der Waals surface area contributed by atoms with Crippen LogP contribution in [0.1, 0.15) is 32.6 Å². The van der Waals surface area contributed by atoms with Gasteiger partial charge >= 0.3 is 0 Å². The number of carbonyl (C=O) groups excluding carboxylic acids is 1. The zero-order chi connectivity index (χ0) is 14.9. The first kappa shape index (κ1) is 14.6. The molecule has 0 amide bonds. The molecule has 0 fully saturated rings. The third-order valence-corrected chi connectivity index (χ3v) is 3.01. The van der Waals surface area contributed by atoms with E-state index in [-0.39, 0.29) is 0 Å². The Labute approximate surface area is 119 Å². The molecule has 0 aliphatic carbocycles. The van der Waals surface area contributed by atoms with E-state index in [0.717, 1.165) is 22.8 Å². The summed E-state index contributed by atoms with van der Waals surface area (Å²) >= 11 is 0. The van der Waals surface area contributed by atoms with E-state index in [1.54, 1.807) is 11.7 Å². The third-order valence-electron chi connectivity index (χ3n) is 3.01. The van der Waals surface area contributed by atoms with E-state index >= 15 is 0 Å². The molecule has 1 aromatic carbocycles. The lowest BCUT2D eigenvalue weighted by atomic mass is 10.1. The molecule has 0 spiro atoms. The summed E-state index contributed by atoms with van der Waals surface area (Å²) in [5.74, 6) is 0.627. The number of benzene rings is 1. The van der Waals surface area contributed by atoms with Crippen molar-refractivity contribution in [2.24, 2.45) is 0 Å². The standard InChI is InChI=1S/C16H20NO3/c1-11-7-6-8-12-15(11)13(19-5)9-17(12)14(10-18)20-16(2,3)4/h6-8,10,14H,1-5H3. The number of fused-ring (bicyclic) bond motifs is 1. The van der Waals surface area contributed by atoms with Gasteiger partial charge in [0.05, 0.1) is 18.2 Å². The van der Waals surface area contributed by atoms with E-state index in [4.69, 9.17) is 9.47 Å². The quantitative estimate of drug-likeness (QED) is 0.803. The van der Waals surface area contributed by atoms with Crippen LogP contribution in [0, 0.1) is 13.1 Å². The molecule has 1 aromatic heterocycles. The van der Waals surface area contributed by atoms with Crippen LogP contribution < -0.4 is 4.74 Å². The Morgan fingerprint density at radius 3 is 2.60 bits per heavy atom. The molecule has 0 N–H and O–H groups in total. The molecule has 1 radical (unpaired) electrons. The fraction of sp³-hybridized carbons (Fsp3) is 0.438. The lowest BCUT2D eigenvalue weighted by Gasteiger charge is -2.25. The van der Waals surface area contributed by atoms with Gasteiger partial charge in [0.15, 0.2) is 18.3 Å². The first-order valence-corrected chi connectivity index (χ1v) is 6.57. The van der Waals surface area contributed by atoms with Crippen LogP contribution in [-0.2, 0) is 9.53 Å². The fourth-order valence-corrected chi connectivity index (χ4v) is 2.23. The smallest absolute Gasteiger partial charge is 0.191 e. The minimum absolute atomic E-state index is 0.424. The van der Waals surface area contributed by atoms with Crippen LogP contribution in [0.2, 0.25) is 0 Å². The van der Waals surface area contributed by atoms with Crippen LogP contribution in [0.4, 0.5) is 0 Å². The van der Waals surface area contributed by atoms with E-state index in [1.165, 1.54) is 0 Å². The molecular formula is C16H20NO3. The first-order valence-electron chi connectivity index (χ1n) is 6.57. The maximum absolute atomic E-state index is 11.4. The lowest BCUT2D eigenvalue weighted by Crippen LogP contribution is -2.26. The lowest BCUT2D eigenvalue weighted by molar-refractivity contribution is -0.138. The number of aromatic nitrogens is 1. The van der Waals surface area contributed by atoms with Crippen LogP contribution in [0.3, 0.4) is 0 Å². The van der Waals surface area contributed by atoms with Gasteiger partial charge in [0.1, 0.15) is 6.20 Å². The maximum atomic E-state index is 11.4. The molecule has 0 aliphatic heterocycles. The van der Waals surface area contributed by atoms with Crippen LogP contribution in [0.25, 0.3) is 10.9 Å². The summed E-state index contributed by atoms with van der Waals surface area (Å²) in [6.45, 7) is 7.75. The van der Waals surface area contributed by atoms with Gasteiger partial charge in [-0.05, 0) is 39.3 Å². The number of methoxy groups -OCH3 is 1. The highest BCUT2D eigenvalue weighted by atomic mass is 16.5. The number of carbonyl (C=O) groups is 1. The maximum Gasteiger partial charge on any atom is 0.191 e. The number of rotatable bonds is 4. The molecule has 0 bridgehead atoms. The van der Waals surface area contributed by atoms with Gasteiger partial charge in [0.2, 0.25) is 0 Å². The van der Waals surface area contributed by atoms with Gasteiger partial charge < -0.3 is 14.0 Å². The van der Waals surface area contributed by atoms with Gasteiger partial charge in [-0.2, -0.15) is 0 Å². The predicted molar refractivity (Wildman–Crippen MR) is 78.0 cm³/mol. The Bertz CT molecular complexity index is 622. The van der Waals surface area contributed by atoms with E-state index < -0.39 is 11.8 Å². The number of aldehydes is 1. The highest BCUT2D eigenvalue weighted by Crippen LogP contribution is 2.33. The molecule has 0 saturated heterocycles. The summed E-state index contributed by atoms with van der Waals surface area (Å²) in [6, 6.07) is 5.88. The summed E-state index contributed by atoms with van der Waals surface area (Å²) in [7, 11) is 1.60. The van der Waals surface area contributed by atoms with Crippen LogP contribution >= 0.6 is 0 Å². The number of ether oxygens (including phenoxy) is 2. The Morgan fingerprint density at radius 1 is 1.35 bits per heavy atom.